The molecule has 6 nitrogen and oxygen atoms in total. The van der Waals surface area contributed by atoms with Crippen molar-refractivity contribution in [1.82, 2.24) is 9.97 Å². The Bertz CT molecular complexity index is 696. The molecule has 4 N–H and O–H groups in total. The first-order valence-electron chi connectivity index (χ1n) is 5.54. The van der Waals surface area contributed by atoms with Crippen LogP contribution in [0.25, 0.3) is 0 Å². The Morgan fingerprint density at radius 1 is 1.47 bits per heavy atom. The van der Waals surface area contributed by atoms with Crippen molar-refractivity contribution in [1.29, 1.82) is 0 Å². The smallest absolute Gasteiger partial charge is 0.279 e. The predicted octanol–water partition coefficient (Wildman–Crippen LogP) is 2.12. The van der Waals surface area contributed by atoms with E-state index < -0.39 is 10.0 Å². The van der Waals surface area contributed by atoms with Gasteiger partial charge < -0.3 is 10.7 Å². The van der Waals surface area contributed by atoms with Crippen LogP contribution < -0.4 is 10.5 Å². The maximum Gasteiger partial charge on any atom is 0.279 e. The number of aromatic nitrogens is 2. The largest absolute Gasteiger partial charge is 0.399 e. The van der Waals surface area contributed by atoms with Gasteiger partial charge in [-0.25, -0.2) is 4.98 Å². The monoisotopic (exact) mass is 344 g/mol. The van der Waals surface area contributed by atoms with E-state index in [0.29, 0.717) is 28.1 Å². The molecule has 0 amide bonds. The van der Waals surface area contributed by atoms with Crippen molar-refractivity contribution in [3.05, 3.63) is 34.7 Å². The van der Waals surface area contributed by atoms with Crippen LogP contribution in [0.3, 0.4) is 0 Å². The van der Waals surface area contributed by atoms with Gasteiger partial charge in [-0.1, -0.05) is 6.92 Å². The molecule has 8 heteroatoms. The van der Waals surface area contributed by atoms with Gasteiger partial charge in [0.1, 0.15) is 5.82 Å². The standard InChI is InChI=1S/C11H13BrN4O2S/c1-2-10-14-6-11(15-10)19(17,18)16-9-4-3-7(13)5-8(9)12/h3-6,16H,2,13H2,1H3,(H,14,15). The Balaban J connectivity index is 2.30. The molecule has 1 aromatic carbocycles. The fraction of sp³-hybridized carbons (Fsp3) is 0.182. The normalized spacial score (nSPS) is 11.5. The second-order valence-corrected chi connectivity index (χ2v) is 6.40. The summed E-state index contributed by atoms with van der Waals surface area (Å²) in [6.45, 7) is 1.89. The lowest BCUT2D eigenvalue weighted by Gasteiger charge is -2.08. The van der Waals surface area contributed by atoms with E-state index in [9.17, 15) is 8.42 Å². The van der Waals surface area contributed by atoms with Crippen molar-refractivity contribution in [2.45, 2.75) is 18.4 Å². The van der Waals surface area contributed by atoms with E-state index in [2.05, 4.69) is 30.6 Å². The Kier molecular flexibility index (Phi) is 3.81. The number of halogens is 1. The average Bonchev–Trinajstić information content (AvgIpc) is 2.82. The summed E-state index contributed by atoms with van der Waals surface area (Å²) in [5.41, 5.74) is 6.56. The highest BCUT2D eigenvalue weighted by Gasteiger charge is 2.18. The molecule has 0 fully saturated rings. The third-order valence-electron chi connectivity index (χ3n) is 2.47. The zero-order valence-corrected chi connectivity index (χ0v) is 12.5. The lowest BCUT2D eigenvalue weighted by molar-refractivity contribution is 0.598. The van der Waals surface area contributed by atoms with E-state index in [1.807, 2.05) is 6.92 Å². The molecule has 0 bridgehead atoms. The molecule has 19 heavy (non-hydrogen) atoms. The van der Waals surface area contributed by atoms with E-state index >= 15 is 0 Å². The van der Waals surface area contributed by atoms with Crippen molar-refractivity contribution in [2.75, 3.05) is 10.5 Å². The molecule has 102 valence electrons. The van der Waals surface area contributed by atoms with Crippen molar-refractivity contribution in [3.63, 3.8) is 0 Å². The maximum absolute atomic E-state index is 12.1. The van der Waals surface area contributed by atoms with Crippen LogP contribution in [0.5, 0.6) is 0 Å². The number of anilines is 2. The molecule has 0 saturated heterocycles. The Labute approximate surface area is 119 Å². The van der Waals surface area contributed by atoms with Crippen LogP contribution in [0.2, 0.25) is 0 Å². The van der Waals surface area contributed by atoms with Gasteiger partial charge in [-0.15, -0.1) is 0 Å². The molecule has 0 unspecified atom stereocenters. The molecule has 2 aromatic rings. The molecule has 2 rings (SSSR count). The van der Waals surface area contributed by atoms with Crippen molar-refractivity contribution in [2.24, 2.45) is 0 Å². The molecule has 0 atom stereocenters. The molecule has 0 aliphatic carbocycles. The summed E-state index contributed by atoms with van der Waals surface area (Å²) < 4.78 is 27.3. The summed E-state index contributed by atoms with van der Waals surface area (Å²) in [6.07, 6.45) is 1.94. The first kappa shape index (κ1) is 13.9. The molecular formula is C11H13BrN4O2S. The number of hydrogen-bond acceptors (Lipinski definition) is 4. The van der Waals surface area contributed by atoms with E-state index in [1.165, 1.54) is 6.20 Å². The number of H-pyrrole nitrogens is 1. The second kappa shape index (κ2) is 5.22. The zero-order chi connectivity index (χ0) is 14.0. The lowest BCUT2D eigenvalue weighted by Crippen LogP contribution is -2.14. The minimum absolute atomic E-state index is 0.0353. The van der Waals surface area contributed by atoms with Gasteiger partial charge in [0.2, 0.25) is 0 Å². The number of nitrogens with two attached hydrogens (primary N) is 1. The highest BCUT2D eigenvalue weighted by molar-refractivity contribution is 9.10. The Hall–Kier alpha value is -1.54. The predicted molar refractivity (Wildman–Crippen MR) is 77.3 cm³/mol. The van der Waals surface area contributed by atoms with Crippen LogP contribution in [-0.4, -0.2) is 18.4 Å². The van der Waals surface area contributed by atoms with Gasteiger partial charge in [0.25, 0.3) is 10.0 Å². The SMILES string of the molecule is CCc1ncc(S(=O)(=O)Nc2ccc(N)cc2Br)[nH]1. The van der Waals surface area contributed by atoms with Crippen molar-refractivity contribution in [3.8, 4) is 0 Å². The number of aromatic amines is 1. The Morgan fingerprint density at radius 2 is 2.21 bits per heavy atom. The van der Waals surface area contributed by atoms with Gasteiger partial charge in [-0.2, -0.15) is 8.42 Å². The van der Waals surface area contributed by atoms with Crippen LogP contribution in [0, 0.1) is 0 Å². The quantitative estimate of drug-likeness (QED) is 0.739. The van der Waals surface area contributed by atoms with E-state index in [1.54, 1.807) is 18.2 Å². The first-order chi connectivity index (χ1) is 8.92. The average molecular weight is 345 g/mol. The number of hydrogen-bond donors (Lipinski definition) is 3. The number of nitrogens with one attached hydrogen (secondary N) is 2. The van der Waals surface area contributed by atoms with E-state index in [0.717, 1.165) is 0 Å². The van der Waals surface area contributed by atoms with Gasteiger partial charge in [-0.3, -0.25) is 4.72 Å². The number of rotatable bonds is 4. The van der Waals surface area contributed by atoms with E-state index in [-0.39, 0.29) is 5.03 Å². The van der Waals surface area contributed by atoms with Crippen LogP contribution in [0.1, 0.15) is 12.7 Å². The van der Waals surface area contributed by atoms with Crippen LogP contribution in [0.4, 0.5) is 11.4 Å². The summed E-state index contributed by atoms with van der Waals surface area (Å²) in [6, 6.07) is 4.84. The summed E-state index contributed by atoms with van der Waals surface area (Å²) in [5.74, 6) is 0.622. The van der Waals surface area contributed by atoms with Gasteiger partial charge in [0.15, 0.2) is 5.03 Å². The minimum atomic E-state index is -3.68. The van der Waals surface area contributed by atoms with Crippen LogP contribution in [0.15, 0.2) is 33.9 Å². The first-order valence-corrected chi connectivity index (χ1v) is 7.81. The Morgan fingerprint density at radius 3 is 2.79 bits per heavy atom. The van der Waals surface area contributed by atoms with Crippen molar-refractivity contribution < 1.29 is 8.42 Å². The number of nitrogen functional groups attached to an aromatic ring is 1. The van der Waals surface area contributed by atoms with Gasteiger partial charge >= 0.3 is 0 Å². The highest BCUT2D eigenvalue weighted by Crippen LogP contribution is 2.26. The molecule has 1 aromatic heterocycles. The van der Waals surface area contributed by atoms with Gasteiger partial charge in [0.05, 0.1) is 11.9 Å². The summed E-state index contributed by atoms with van der Waals surface area (Å²) in [4.78, 5) is 6.73. The molecule has 0 aliphatic rings. The van der Waals surface area contributed by atoms with Gasteiger partial charge in [0, 0.05) is 16.6 Å². The number of imidazole rings is 1. The molecule has 0 saturated carbocycles. The summed E-state index contributed by atoms with van der Waals surface area (Å²) in [7, 11) is -3.68. The third kappa shape index (κ3) is 3.07. The number of benzene rings is 1. The third-order valence-corrected chi connectivity index (χ3v) is 4.40. The lowest BCUT2D eigenvalue weighted by atomic mass is 10.3. The van der Waals surface area contributed by atoms with Gasteiger partial charge in [-0.05, 0) is 34.1 Å². The number of aryl methyl sites for hydroxylation is 1. The fourth-order valence-electron chi connectivity index (χ4n) is 1.47. The van der Waals surface area contributed by atoms with Crippen molar-refractivity contribution >= 4 is 37.3 Å². The topological polar surface area (TPSA) is 101 Å². The van der Waals surface area contributed by atoms with Crippen LogP contribution in [-0.2, 0) is 16.4 Å². The molecule has 0 spiro atoms. The second-order valence-electron chi connectivity index (χ2n) is 3.89. The fourth-order valence-corrected chi connectivity index (χ4v) is 3.12. The maximum atomic E-state index is 12.1. The number of nitrogens with zero attached hydrogens (tertiary/aromatic N) is 1. The van der Waals surface area contributed by atoms with E-state index in [4.69, 9.17) is 5.73 Å². The van der Waals surface area contributed by atoms with Crippen LogP contribution >= 0.6 is 15.9 Å². The molecule has 0 aliphatic heterocycles. The zero-order valence-electron chi connectivity index (χ0n) is 10.1. The molecule has 1 heterocycles. The highest BCUT2D eigenvalue weighted by atomic mass is 79.9. The molecule has 0 radical (unpaired) electrons. The number of sulfonamides is 1. The minimum Gasteiger partial charge on any atom is -0.399 e. The molecular weight excluding hydrogens is 332 g/mol. The summed E-state index contributed by atoms with van der Waals surface area (Å²) >= 11 is 3.26. The summed E-state index contributed by atoms with van der Waals surface area (Å²) in [5, 5.41) is 0.0353.